The number of nitrogens with zero attached hydrogens (tertiary/aromatic N) is 4. The number of piperazine rings is 1. The molecule has 2 heterocycles. The Hall–Kier alpha value is -3.55. The Bertz CT molecular complexity index is 1000. The van der Waals surface area contributed by atoms with Gasteiger partial charge in [-0.25, -0.2) is 8.78 Å². The van der Waals surface area contributed by atoms with Gasteiger partial charge < -0.3 is 15.1 Å². The van der Waals surface area contributed by atoms with E-state index in [1.54, 1.807) is 53.4 Å². The summed E-state index contributed by atoms with van der Waals surface area (Å²) < 4.78 is 27.6. The number of hydrogen-bond donors (Lipinski definition) is 1. The number of aromatic nitrogens is 2. The second-order valence-electron chi connectivity index (χ2n) is 6.64. The minimum absolute atomic E-state index is 0.212. The summed E-state index contributed by atoms with van der Waals surface area (Å²) in [6.45, 7) is 1.99. The minimum atomic E-state index is -0.401. The molecule has 0 saturated carbocycles. The van der Waals surface area contributed by atoms with Crippen LogP contribution in [0.1, 0.15) is 10.5 Å². The minimum Gasteiger partial charge on any atom is -0.366 e. The molecule has 1 N–H and O–H groups in total. The van der Waals surface area contributed by atoms with Crippen LogP contribution in [0.5, 0.6) is 0 Å². The molecule has 0 bridgehead atoms. The van der Waals surface area contributed by atoms with Gasteiger partial charge in [-0.2, -0.15) is 0 Å². The van der Waals surface area contributed by atoms with Crippen molar-refractivity contribution in [3.63, 3.8) is 0 Å². The summed E-state index contributed by atoms with van der Waals surface area (Å²) in [7, 11) is 0. The highest BCUT2D eigenvalue weighted by atomic mass is 19.1. The van der Waals surface area contributed by atoms with E-state index in [0.717, 1.165) is 0 Å². The molecule has 4 rings (SSSR count). The second-order valence-corrected chi connectivity index (χ2v) is 6.64. The fraction of sp³-hybridized carbons (Fsp3) is 0.190. The molecular weight excluding hydrogens is 376 g/mol. The maximum atomic E-state index is 13.9. The first kappa shape index (κ1) is 18.8. The molecule has 6 nitrogen and oxygen atoms in total. The quantitative estimate of drug-likeness (QED) is 0.733. The topological polar surface area (TPSA) is 61.4 Å². The van der Waals surface area contributed by atoms with E-state index in [1.165, 1.54) is 12.1 Å². The third kappa shape index (κ3) is 4.16. The van der Waals surface area contributed by atoms with E-state index in [0.29, 0.717) is 37.7 Å². The van der Waals surface area contributed by atoms with Crippen LogP contribution in [-0.4, -0.2) is 47.2 Å². The SMILES string of the molecule is O=C(c1ccc(Nc2ccccc2F)nn1)N1CCN(c2ccccc2F)CC1. The van der Waals surface area contributed by atoms with Crippen molar-refractivity contribution < 1.29 is 13.6 Å². The van der Waals surface area contributed by atoms with Gasteiger partial charge >= 0.3 is 0 Å². The van der Waals surface area contributed by atoms with Crippen LogP contribution in [0.3, 0.4) is 0 Å². The van der Waals surface area contributed by atoms with Crippen LogP contribution in [0.15, 0.2) is 60.7 Å². The van der Waals surface area contributed by atoms with Crippen molar-refractivity contribution in [2.24, 2.45) is 0 Å². The number of carbonyl (C=O) groups excluding carboxylic acids is 1. The van der Waals surface area contributed by atoms with Gasteiger partial charge in [-0.05, 0) is 36.4 Å². The average molecular weight is 395 g/mol. The number of hydrogen-bond acceptors (Lipinski definition) is 5. The fourth-order valence-electron chi connectivity index (χ4n) is 3.23. The molecule has 1 aliphatic rings. The molecule has 8 heteroatoms. The number of amides is 1. The molecule has 1 aliphatic heterocycles. The molecule has 1 fully saturated rings. The first-order valence-corrected chi connectivity index (χ1v) is 9.26. The van der Waals surface area contributed by atoms with Crippen molar-refractivity contribution in [3.05, 3.63) is 78.0 Å². The molecule has 0 aliphatic carbocycles. The lowest BCUT2D eigenvalue weighted by atomic mass is 10.2. The van der Waals surface area contributed by atoms with E-state index in [9.17, 15) is 13.6 Å². The Morgan fingerprint density at radius 1 is 0.828 bits per heavy atom. The van der Waals surface area contributed by atoms with Gasteiger partial charge in [0.05, 0.1) is 11.4 Å². The number of para-hydroxylation sites is 2. The van der Waals surface area contributed by atoms with Crippen LogP contribution in [0.2, 0.25) is 0 Å². The van der Waals surface area contributed by atoms with Gasteiger partial charge in [-0.15, -0.1) is 10.2 Å². The molecule has 0 atom stereocenters. The maximum absolute atomic E-state index is 13.9. The molecule has 29 heavy (non-hydrogen) atoms. The summed E-state index contributed by atoms with van der Waals surface area (Å²) in [5, 5.41) is 10.8. The Labute approximate surface area is 166 Å². The number of nitrogens with one attached hydrogen (secondary N) is 1. The molecule has 1 amide bonds. The zero-order chi connectivity index (χ0) is 20.2. The molecule has 0 spiro atoms. The number of halogens is 2. The third-order valence-corrected chi connectivity index (χ3v) is 4.78. The van der Waals surface area contributed by atoms with Gasteiger partial charge in [0, 0.05) is 26.2 Å². The van der Waals surface area contributed by atoms with E-state index in [-0.39, 0.29) is 23.1 Å². The summed E-state index contributed by atoms with van der Waals surface area (Å²) in [5.41, 5.74) is 1.04. The van der Waals surface area contributed by atoms with Gasteiger partial charge in [0.15, 0.2) is 11.5 Å². The van der Waals surface area contributed by atoms with Crippen LogP contribution >= 0.6 is 0 Å². The van der Waals surface area contributed by atoms with Gasteiger partial charge in [0.2, 0.25) is 0 Å². The number of anilines is 3. The van der Waals surface area contributed by atoms with Crippen LogP contribution < -0.4 is 10.2 Å². The van der Waals surface area contributed by atoms with Gasteiger partial charge in [-0.3, -0.25) is 4.79 Å². The lowest BCUT2D eigenvalue weighted by Crippen LogP contribution is -2.49. The number of carbonyl (C=O) groups is 1. The van der Waals surface area contributed by atoms with Gasteiger partial charge in [0.25, 0.3) is 5.91 Å². The summed E-state index contributed by atoms with van der Waals surface area (Å²) in [4.78, 5) is 16.3. The molecule has 1 saturated heterocycles. The molecule has 2 aromatic carbocycles. The molecule has 0 radical (unpaired) electrons. The summed E-state index contributed by atoms with van der Waals surface area (Å²) >= 11 is 0. The summed E-state index contributed by atoms with van der Waals surface area (Å²) in [5.74, 6) is -0.558. The maximum Gasteiger partial charge on any atom is 0.274 e. The summed E-state index contributed by atoms with van der Waals surface area (Å²) in [6.07, 6.45) is 0. The molecular formula is C21H19F2N5O. The lowest BCUT2D eigenvalue weighted by molar-refractivity contribution is 0.0739. The van der Waals surface area contributed by atoms with Crippen molar-refractivity contribution in [1.29, 1.82) is 0 Å². The van der Waals surface area contributed by atoms with Crippen LogP contribution in [-0.2, 0) is 0 Å². The lowest BCUT2D eigenvalue weighted by Gasteiger charge is -2.36. The first-order valence-electron chi connectivity index (χ1n) is 9.26. The van der Waals surface area contributed by atoms with Crippen LogP contribution in [0, 0.1) is 11.6 Å². The van der Waals surface area contributed by atoms with Crippen molar-refractivity contribution >= 4 is 23.1 Å². The van der Waals surface area contributed by atoms with Gasteiger partial charge in [0.1, 0.15) is 11.6 Å². The van der Waals surface area contributed by atoms with E-state index >= 15 is 0 Å². The van der Waals surface area contributed by atoms with Gasteiger partial charge in [-0.1, -0.05) is 24.3 Å². The highest BCUT2D eigenvalue weighted by Gasteiger charge is 2.24. The van der Waals surface area contributed by atoms with Crippen LogP contribution in [0.4, 0.5) is 26.0 Å². The smallest absolute Gasteiger partial charge is 0.274 e. The monoisotopic (exact) mass is 395 g/mol. The van der Waals surface area contributed by atoms with Crippen LogP contribution in [0.25, 0.3) is 0 Å². The highest BCUT2D eigenvalue weighted by molar-refractivity contribution is 5.92. The molecule has 3 aromatic rings. The molecule has 1 aromatic heterocycles. The standard InChI is InChI=1S/C21H19F2N5O/c22-15-5-1-3-7-17(15)24-20-10-9-18(25-26-20)21(29)28-13-11-27(12-14-28)19-8-4-2-6-16(19)23/h1-10H,11-14H2,(H,24,26). The third-order valence-electron chi connectivity index (χ3n) is 4.78. The number of rotatable bonds is 4. The van der Waals surface area contributed by atoms with E-state index < -0.39 is 5.82 Å². The zero-order valence-corrected chi connectivity index (χ0v) is 15.6. The van der Waals surface area contributed by atoms with Crippen molar-refractivity contribution in [3.8, 4) is 0 Å². The predicted octanol–water partition coefficient (Wildman–Crippen LogP) is 3.46. The molecule has 148 valence electrons. The average Bonchev–Trinajstić information content (AvgIpc) is 2.76. The van der Waals surface area contributed by atoms with Crippen molar-refractivity contribution in [2.45, 2.75) is 0 Å². The predicted molar refractivity (Wildman–Crippen MR) is 106 cm³/mol. The first-order chi connectivity index (χ1) is 14.1. The van der Waals surface area contributed by atoms with E-state index in [2.05, 4.69) is 15.5 Å². The largest absolute Gasteiger partial charge is 0.366 e. The Morgan fingerprint density at radius 2 is 1.52 bits per heavy atom. The Balaban J connectivity index is 1.38. The highest BCUT2D eigenvalue weighted by Crippen LogP contribution is 2.21. The Kier molecular flexibility index (Phi) is 5.33. The van der Waals surface area contributed by atoms with E-state index in [1.807, 2.05) is 4.90 Å². The van der Waals surface area contributed by atoms with E-state index in [4.69, 9.17) is 0 Å². The fourth-order valence-corrected chi connectivity index (χ4v) is 3.23. The normalized spacial score (nSPS) is 14.0. The second kappa shape index (κ2) is 8.22. The zero-order valence-electron chi connectivity index (χ0n) is 15.6. The Morgan fingerprint density at radius 3 is 2.17 bits per heavy atom. The molecule has 0 unspecified atom stereocenters. The van der Waals surface area contributed by atoms with Crippen molar-refractivity contribution in [1.82, 2.24) is 15.1 Å². The number of benzene rings is 2. The van der Waals surface area contributed by atoms with Crippen molar-refractivity contribution in [2.75, 3.05) is 36.4 Å². The summed E-state index contributed by atoms with van der Waals surface area (Å²) in [6, 6.07) is 16.0.